The van der Waals surface area contributed by atoms with E-state index in [0.29, 0.717) is 0 Å². The average molecular weight is 338 g/mol. The summed E-state index contributed by atoms with van der Waals surface area (Å²) in [5.74, 6) is 0. The molecule has 0 aliphatic carbocycles. The van der Waals surface area contributed by atoms with Gasteiger partial charge in [0.2, 0.25) is 0 Å². The van der Waals surface area contributed by atoms with Crippen molar-refractivity contribution in [2.24, 2.45) is 0 Å². The molecule has 0 bridgehead atoms. The Balaban J connectivity index is 1.23. The monoisotopic (exact) mass is 337 g/mol. The second-order valence-electron chi connectivity index (χ2n) is 7.62. The zero-order chi connectivity index (χ0) is 16.9. The fourth-order valence-electron chi connectivity index (χ4n) is 4.31. The molecule has 0 spiro atoms. The van der Waals surface area contributed by atoms with Crippen molar-refractivity contribution >= 4 is 10.8 Å². The average Bonchev–Trinajstić information content (AvgIpc) is 3.19. The number of hydrogen-bond donors (Lipinski definition) is 0. The molecule has 2 heterocycles. The minimum Gasteiger partial charge on any atom is -0.302 e. The topological polar surface area (TPSA) is 9.72 Å². The molecule has 3 nitrogen and oxygen atoms in total. The first-order chi connectivity index (χ1) is 12.4. The zero-order valence-electron chi connectivity index (χ0n) is 15.4. The standard InChI is InChI=1S/C22H31N3/c1-2-9-22-20(6-1)7-5-8-21(22)10-13-24-15-18-25(19-16-24)17-14-23-11-3-4-12-23/h1-2,5-9H,3-4,10-19H2. The highest BCUT2D eigenvalue weighted by Crippen LogP contribution is 2.19. The summed E-state index contributed by atoms with van der Waals surface area (Å²) in [4.78, 5) is 7.94. The van der Waals surface area contributed by atoms with Gasteiger partial charge in [-0.15, -0.1) is 0 Å². The molecule has 2 aliphatic rings. The summed E-state index contributed by atoms with van der Waals surface area (Å²) < 4.78 is 0. The number of likely N-dealkylation sites (tertiary alicyclic amines) is 1. The molecule has 4 rings (SSSR count). The Morgan fingerprint density at radius 3 is 1.96 bits per heavy atom. The van der Waals surface area contributed by atoms with Crippen LogP contribution in [0.1, 0.15) is 18.4 Å². The van der Waals surface area contributed by atoms with Gasteiger partial charge < -0.3 is 9.80 Å². The van der Waals surface area contributed by atoms with Crippen LogP contribution in [0.3, 0.4) is 0 Å². The minimum absolute atomic E-state index is 1.16. The molecule has 0 saturated carbocycles. The van der Waals surface area contributed by atoms with E-state index in [2.05, 4.69) is 57.2 Å². The van der Waals surface area contributed by atoms with E-state index in [1.54, 1.807) is 0 Å². The molecule has 2 aromatic carbocycles. The molecule has 0 amide bonds. The van der Waals surface area contributed by atoms with Crippen LogP contribution < -0.4 is 0 Å². The fourth-order valence-corrected chi connectivity index (χ4v) is 4.31. The third-order valence-corrected chi connectivity index (χ3v) is 5.97. The van der Waals surface area contributed by atoms with Crippen molar-refractivity contribution in [2.75, 3.05) is 58.9 Å². The number of nitrogens with zero attached hydrogens (tertiary/aromatic N) is 3. The van der Waals surface area contributed by atoms with Crippen LogP contribution in [0.25, 0.3) is 10.8 Å². The normalized spacial score (nSPS) is 20.5. The van der Waals surface area contributed by atoms with E-state index in [-0.39, 0.29) is 0 Å². The van der Waals surface area contributed by atoms with Gasteiger partial charge in [0.25, 0.3) is 0 Å². The summed E-state index contributed by atoms with van der Waals surface area (Å²) in [5.41, 5.74) is 1.49. The second-order valence-corrected chi connectivity index (χ2v) is 7.62. The van der Waals surface area contributed by atoms with E-state index in [9.17, 15) is 0 Å². The molecule has 2 aliphatic heterocycles. The second kappa shape index (κ2) is 8.31. The smallest absolute Gasteiger partial charge is 0.0110 e. The maximum atomic E-state index is 2.66. The van der Waals surface area contributed by atoms with Crippen molar-refractivity contribution in [3.63, 3.8) is 0 Å². The van der Waals surface area contributed by atoms with Crippen molar-refractivity contribution in [3.05, 3.63) is 48.0 Å². The summed E-state index contributed by atoms with van der Waals surface area (Å²) in [5, 5.41) is 2.79. The van der Waals surface area contributed by atoms with Crippen molar-refractivity contribution in [2.45, 2.75) is 19.3 Å². The molecule has 25 heavy (non-hydrogen) atoms. The minimum atomic E-state index is 1.16. The van der Waals surface area contributed by atoms with Gasteiger partial charge in [0.1, 0.15) is 0 Å². The van der Waals surface area contributed by atoms with E-state index in [4.69, 9.17) is 0 Å². The van der Waals surface area contributed by atoms with Gasteiger partial charge in [0.05, 0.1) is 0 Å². The number of fused-ring (bicyclic) bond motifs is 1. The van der Waals surface area contributed by atoms with Crippen LogP contribution in [0.4, 0.5) is 0 Å². The van der Waals surface area contributed by atoms with Gasteiger partial charge in [-0.3, -0.25) is 4.90 Å². The number of hydrogen-bond acceptors (Lipinski definition) is 3. The molecule has 2 aromatic rings. The summed E-state index contributed by atoms with van der Waals surface area (Å²) in [6.45, 7) is 11.3. The molecule has 2 fully saturated rings. The SMILES string of the molecule is c1ccc2c(CCN3CCN(CCN4CCCC4)CC3)cccc2c1. The summed E-state index contributed by atoms with van der Waals surface area (Å²) in [7, 11) is 0. The first-order valence-corrected chi connectivity index (χ1v) is 10.0. The Bertz CT molecular complexity index is 665. The number of benzene rings is 2. The Hall–Kier alpha value is -1.42. The Morgan fingerprint density at radius 1 is 0.600 bits per heavy atom. The van der Waals surface area contributed by atoms with Crippen LogP contribution in [0, 0.1) is 0 Å². The van der Waals surface area contributed by atoms with Crippen molar-refractivity contribution in [3.8, 4) is 0 Å². The molecule has 0 unspecified atom stereocenters. The maximum Gasteiger partial charge on any atom is 0.0110 e. The quantitative estimate of drug-likeness (QED) is 0.802. The lowest BCUT2D eigenvalue weighted by molar-refractivity contribution is 0.123. The van der Waals surface area contributed by atoms with Crippen molar-refractivity contribution < 1.29 is 0 Å². The van der Waals surface area contributed by atoms with E-state index in [1.165, 1.54) is 88.1 Å². The zero-order valence-corrected chi connectivity index (χ0v) is 15.4. The predicted molar refractivity (Wildman–Crippen MR) is 106 cm³/mol. The first kappa shape index (κ1) is 17.0. The highest BCUT2D eigenvalue weighted by Gasteiger charge is 2.18. The lowest BCUT2D eigenvalue weighted by atomic mass is 10.0. The van der Waals surface area contributed by atoms with Gasteiger partial charge >= 0.3 is 0 Å². The van der Waals surface area contributed by atoms with E-state index >= 15 is 0 Å². The van der Waals surface area contributed by atoms with Gasteiger partial charge in [-0.25, -0.2) is 0 Å². The number of piperazine rings is 1. The Morgan fingerprint density at radius 2 is 1.20 bits per heavy atom. The van der Waals surface area contributed by atoms with E-state index in [0.717, 1.165) is 6.42 Å². The Kier molecular flexibility index (Phi) is 5.65. The van der Waals surface area contributed by atoms with Crippen molar-refractivity contribution in [1.29, 1.82) is 0 Å². The van der Waals surface area contributed by atoms with Gasteiger partial charge in [-0.2, -0.15) is 0 Å². The van der Waals surface area contributed by atoms with E-state index in [1.807, 2.05) is 0 Å². The molecule has 134 valence electrons. The van der Waals surface area contributed by atoms with Crippen LogP contribution in [-0.4, -0.2) is 73.6 Å². The van der Waals surface area contributed by atoms with Gasteiger partial charge in [-0.05, 0) is 48.7 Å². The van der Waals surface area contributed by atoms with Crippen LogP contribution in [0.15, 0.2) is 42.5 Å². The summed E-state index contributed by atoms with van der Waals surface area (Å²) in [6, 6.07) is 15.5. The third kappa shape index (κ3) is 4.41. The molecule has 0 atom stereocenters. The Labute approximate surface area is 152 Å². The highest BCUT2D eigenvalue weighted by atomic mass is 15.3. The lowest BCUT2D eigenvalue weighted by Gasteiger charge is -2.35. The molecule has 0 aromatic heterocycles. The van der Waals surface area contributed by atoms with Crippen LogP contribution in [0.5, 0.6) is 0 Å². The molecule has 0 N–H and O–H groups in total. The molecular weight excluding hydrogens is 306 g/mol. The highest BCUT2D eigenvalue weighted by molar-refractivity contribution is 5.85. The predicted octanol–water partition coefficient (Wildman–Crippen LogP) is 3.10. The molecular formula is C22H31N3. The largest absolute Gasteiger partial charge is 0.302 e. The summed E-state index contributed by atoms with van der Waals surface area (Å²) in [6.07, 6.45) is 3.97. The van der Waals surface area contributed by atoms with Crippen LogP contribution >= 0.6 is 0 Å². The van der Waals surface area contributed by atoms with Gasteiger partial charge in [0, 0.05) is 45.8 Å². The molecule has 0 radical (unpaired) electrons. The van der Waals surface area contributed by atoms with Crippen LogP contribution in [-0.2, 0) is 6.42 Å². The molecule has 2 saturated heterocycles. The van der Waals surface area contributed by atoms with Gasteiger partial charge in [0.15, 0.2) is 0 Å². The van der Waals surface area contributed by atoms with Gasteiger partial charge in [-0.1, -0.05) is 42.5 Å². The van der Waals surface area contributed by atoms with E-state index < -0.39 is 0 Å². The van der Waals surface area contributed by atoms with Crippen molar-refractivity contribution in [1.82, 2.24) is 14.7 Å². The fraction of sp³-hybridized carbons (Fsp3) is 0.545. The lowest BCUT2D eigenvalue weighted by Crippen LogP contribution is -2.48. The number of rotatable bonds is 6. The maximum absolute atomic E-state index is 2.66. The first-order valence-electron chi connectivity index (χ1n) is 10.0. The molecule has 3 heteroatoms. The van der Waals surface area contributed by atoms with Crippen LogP contribution in [0.2, 0.25) is 0 Å². The summed E-state index contributed by atoms with van der Waals surface area (Å²) >= 11 is 0. The third-order valence-electron chi connectivity index (χ3n) is 5.97.